The van der Waals surface area contributed by atoms with Crippen molar-refractivity contribution < 1.29 is 4.79 Å². The van der Waals surface area contributed by atoms with E-state index in [0.29, 0.717) is 6.54 Å². The Morgan fingerprint density at radius 2 is 2.04 bits per heavy atom. The molecule has 1 aliphatic carbocycles. The molecule has 26 heavy (non-hydrogen) atoms. The van der Waals surface area contributed by atoms with Crippen molar-refractivity contribution in [3.63, 3.8) is 0 Å². The number of aromatic nitrogens is 1. The average molecular weight is 357 g/mol. The van der Waals surface area contributed by atoms with Crippen LogP contribution in [0.15, 0.2) is 24.5 Å². The van der Waals surface area contributed by atoms with Crippen molar-refractivity contribution in [1.29, 1.82) is 0 Å². The number of nitrogens with zero attached hydrogens (tertiary/aromatic N) is 3. The molecule has 0 aromatic carbocycles. The maximum atomic E-state index is 11.9. The van der Waals surface area contributed by atoms with Gasteiger partial charge >= 0.3 is 0 Å². The smallest absolute Gasteiger partial charge is 0.234 e. The van der Waals surface area contributed by atoms with Gasteiger partial charge in [0, 0.05) is 38.4 Å². The second-order valence-electron chi connectivity index (χ2n) is 8.03. The molecule has 2 heterocycles. The molecule has 1 N–H and O–H groups in total. The third-order valence-corrected chi connectivity index (χ3v) is 5.32. The van der Waals surface area contributed by atoms with E-state index < -0.39 is 0 Å². The van der Waals surface area contributed by atoms with Crippen molar-refractivity contribution in [2.45, 2.75) is 46.1 Å². The van der Waals surface area contributed by atoms with Gasteiger partial charge in [-0.25, -0.2) is 0 Å². The Hall–Kier alpha value is -1.88. The minimum Gasteiger partial charge on any atom is -0.368 e. The fraction of sp³-hybridized carbons (Fsp3) is 0.619. The van der Waals surface area contributed by atoms with E-state index in [1.54, 1.807) is 0 Å². The Bertz CT molecular complexity index is 647. The number of rotatable bonds is 5. The Morgan fingerprint density at radius 1 is 1.27 bits per heavy atom. The highest BCUT2D eigenvalue weighted by atomic mass is 16.2. The van der Waals surface area contributed by atoms with Gasteiger partial charge in [0.25, 0.3) is 0 Å². The minimum atomic E-state index is 0.121. The zero-order valence-electron chi connectivity index (χ0n) is 16.4. The van der Waals surface area contributed by atoms with Crippen molar-refractivity contribution >= 4 is 17.2 Å². The number of piperazine rings is 1. The molecule has 0 radical (unpaired) electrons. The Morgan fingerprint density at radius 3 is 2.69 bits per heavy atom. The van der Waals surface area contributed by atoms with Crippen molar-refractivity contribution in [2.75, 3.05) is 37.6 Å². The van der Waals surface area contributed by atoms with Crippen LogP contribution in [0.4, 0.5) is 5.69 Å². The molecule has 2 aliphatic rings. The van der Waals surface area contributed by atoms with Crippen molar-refractivity contribution in [3.8, 4) is 0 Å². The maximum Gasteiger partial charge on any atom is 0.234 e. The van der Waals surface area contributed by atoms with Crippen LogP contribution in [0.1, 0.15) is 45.6 Å². The highest BCUT2D eigenvalue weighted by Crippen LogP contribution is 2.31. The van der Waals surface area contributed by atoms with E-state index in [9.17, 15) is 4.79 Å². The molecule has 1 fully saturated rings. The van der Waals surface area contributed by atoms with Gasteiger partial charge in [0.15, 0.2) is 0 Å². The first kappa shape index (κ1) is 18.9. The number of anilines is 1. The number of allylic oxidation sites excluding steroid dienone is 2. The van der Waals surface area contributed by atoms with E-state index in [-0.39, 0.29) is 11.9 Å². The predicted molar refractivity (Wildman–Crippen MR) is 107 cm³/mol. The van der Waals surface area contributed by atoms with E-state index in [2.05, 4.69) is 39.2 Å². The molecule has 0 spiro atoms. The molecule has 1 aliphatic heterocycles. The number of hydrogen-bond donors (Lipinski definition) is 1. The predicted octanol–water partition coefficient (Wildman–Crippen LogP) is 2.93. The number of carbonyl (C=O) groups excluding carboxylic acids is 1. The van der Waals surface area contributed by atoms with Gasteiger partial charge in [0.05, 0.1) is 18.4 Å². The van der Waals surface area contributed by atoms with E-state index in [4.69, 9.17) is 0 Å². The van der Waals surface area contributed by atoms with Crippen LogP contribution in [-0.4, -0.2) is 54.6 Å². The second-order valence-corrected chi connectivity index (χ2v) is 8.03. The molecule has 5 nitrogen and oxygen atoms in total. The molecule has 0 bridgehead atoms. The summed E-state index contributed by atoms with van der Waals surface area (Å²) in [5.41, 5.74) is 3.92. The Labute approximate surface area is 157 Å². The summed E-state index contributed by atoms with van der Waals surface area (Å²) in [7, 11) is 0. The first-order valence-corrected chi connectivity index (χ1v) is 9.92. The molecule has 5 heteroatoms. The summed E-state index contributed by atoms with van der Waals surface area (Å²) in [5.74, 6) is 0.923. The van der Waals surface area contributed by atoms with Crippen LogP contribution in [0.3, 0.4) is 0 Å². The van der Waals surface area contributed by atoms with Crippen LogP contribution < -0.4 is 10.2 Å². The van der Waals surface area contributed by atoms with Crippen LogP contribution in [0.5, 0.6) is 0 Å². The molecule has 1 aromatic heterocycles. The summed E-state index contributed by atoms with van der Waals surface area (Å²) in [6.45, 7) is 10.5. The topological polar surface area (TPSA) is 48.5 Å². The summed E-state index contributed by atoms with van der Waals surface area (Å²) in [5, 5.41) is 2.97. The van der Waals surface area contributed by atoms with E-state index >= 15 is 0 Å². The highest BCUT2D eigenvalue weighted by Gasteiger charge is 2.20. The van der Waals surface area contributed by atoms with Gasteiger partial charge in [-0.15, -0.1) is 0 Å². The third-order valence-electron chi connectivity index (χ3n) is 5.32. The van der Waals surface area contributed by atoms with Gasteiger partial charge in [-0.05, 0) is 56.2 Å². The van der Waals surface area contributed by atoms with Crippen LogP contribution in [-0.2, 0) is 4.79 Å². The van der Waals surface area contributed by atoms with Gasteiger partial charge < -0.3 is 10.2 Å². The van der Waals surface area contributed by atoms with Gasteiger partial charge in [-0.2, -0.15) is 0 Å². The highest BCUT2D eigenvalue weighted by molar-refractivity contribution is 5.78. The molecule has 1 aromatic rings. The number of hydrogen-bond acceptors (Lipinski definition) is 4. The summed E-state index contributed by atoms with van der Waals surface area (Å²) in [6, 6.07) is 2.49. The SMILES string of the molecule is CC1CC=C(c2cncc(N3CCN(CC(=O)NC(C)C)CC3)c2)CC1. The number of amides is 1. The lowest BCUT2D eigenvalue weighted by molar-refractivity contribution is -0.122. The van der Waals surface area contributed by atoms with Crippen LogP contribution >= 0.6 is 0 Å². The standard InChI is InChI=1S/C21H32N4O/c1-16(2)23-21(26)15-24-8-10-25(11-9-24)20-12-19(13-22-14-20)18-6-4-17(3)5-7-18/h6,12-14,16-17H,4-5,7-11,15H2,1-3H3,(H,23,26). The lowest BCUT2D eigenvalue weighted by Crippen LogP contribution is -2.50. The molecule has 1 atom stereocenters. The first-order valence-electron chi connectivity index (χ1n) is 9.92. The summed E-state index contributed by atoms with van der Waals surface area (Å²) in [4.78, 5) is 21.0. The second kappa shape index (κ2) is 8.67. The largest absolute Gasteiger partial charge is 0.368 e. The number of pyridine rings is 1. The number of carbonyl (C=O) groups is 1. The zero-order valence-corrected chi connectivity index (χ0v) is 16.4. The molecule has 0 saturated carbocycles. The molecular weight excluding hydrogens is 324 g/mol. The molecular formula is C21H32N4O. The van der Waals surface area contributed by atoms with Crippen molar-refractivity contribution in [1.82, 2.24) is 15.2 Å². The third kappa shape index (κ3) is 5.07. The van der Waals surface area contributed by atoms with Gasteiger partial charge in [-0.1, -0.05) is 13.0 Å². The summed E-state index contributed by atoms with van der Waals surface area (Å²) < 4.78 is 0. The van der Waals surface area contributed by atoms with Crippen LogP contribution in [0.2, 0.25) is 0 Å². The van der Waals surface area contributed by atoms with E-state index in [1.165, 1.54) is 29.7 Å². The first-order chi connectivity index (χ1) is 12.5. The fourth-order valence-electron chi connectivity index (χ4n) is 3.74. The van der Waals surface area contributed by atoms with Crippen LogP contribution in [0.25, 0.3) is 5.57 Å². The lowest BCUT2D eigenvalue weighted by atomic mass is 9.88. The normalized spacial score (nSPS) is 21.6. The molecule has 1 amide bonds. The minimum absolute atomic E-state index is 0.121. The van der Waals surface area contributed by atoms with E-state index in [0.717, 1.165) is 38.5 Å². The lowest BCUT2D eigenvalue weighted by Gasteiger charge is -2.35. The number of nitrogens with one attached hydrogen (secondary N) is 1. The van der Waals surface area contributed by atoms with Gasteiger partial charge in [-0.3, -0.25) is 14.7 Å². The molecule has 1 saturated heterocycles. The monoisotopic (exact) mass is 356 g/mol. The Kier molecular flexibility index (Phi) is 6.30. The zero-order chi connectivity index (χ0) is 18.5. The van der Waals surface area contributed by atoms with Crippen molar-refractivity contribution in [3.05, 3.63) is 30.1 Å². The molecule has 142 valence electrons. The summed E-state index contributed by atoms with van der Waals surface area (Å²) >= 11 is 0. The molecule has 1 unspecified atom stereocenters. The molecule has 3 rings (SSSR count). The average Bonchev–Trinajstić information content (AvgIpc) is 2.62. The fourth-order valence-corrected chi connectivity index (χ4v) is 3.74. The quantitative estimate of drug-likeness (QED) is 0.881. The van der Waals surface area contributed by atoms with E-state index in [1.807, 2.05) is 26.2 Å². The Balaban J connectivity index is 1.56. The van der Waals surface area contributed by atoms with Crippen LogP contribution in [0, 0.1) is 5.92 Å². The van der Waals surface area contributed by atoms with Crippen molar-refractivity contribution in [2.24, 2.45) is 5.92 Å². The van der Waals surface area contributed by atoms with Gasteiger partial charge in [0.2, 0.25) is 5.91 Å². The van der Waals surface area contributed by atoms with Gasteiger partial charge in [0.1, 0.15) is 0 Å². The summed E-state index contributed by atoms with van der Waals surface area (Å²) in [6.07, 6.45) is 9.96. The maximum absolute atomic E-state index is 11.9.